The van der Waals surface area contributed by atoms with Gasteiger partial charge in [-0.1, -0.05) is 0 Å². The van der Waals surface area contributed by atoms with E-state index in [0.29, 0.717) is 22.6 Å². The number of benzene rings is 1. The molecule has 13 heteroatoms. The van der Waals surface area contributed by atoms with Gasteiger partial charge < -0.3 is 10.1 Å². The minimum Gasteiger partial charge on any atom is -0.462 e. The van der Waals surface area contributed by atoms with E-state index in [4.69, 9.17) is 4.74 Å². The van der Waals surface area contributed by atoms with Gasteiger partial charge in [-0.25, -0.2) is 22.9 Å². The average Bonchev–Trinajstić information content (AvgIpc) is 2.95. The van der Waals surface area contributed by atoms with Crippen LogP contribution in [0.1, 0.15) is 29.8 Å². The van der Waals surface area contributed by atoms with Gasteiger partial charge in [-0.15, -0.1) is 0 Å². The van der Waals surface area contributed by atoms with Crippen LogP contribution >= 0.6 is 0 Å². The number of amides is 3. The number of nitrogens with one attached hydrogen (secondary N) is 1. The Morgan fingerprint density at radius 1 is 1.18 bits per heavy atom. The summed E-state index contributed by atoms with van der Waals surface area (Å²) in [5.74, 6) is -1.40. The van der Waals surface area contributed by atoms with E-state index in [1.54, 1.807) is 6.92 Å². The summed E-state index contributed by atoms with van der Waals surface area (Å²) in [4.78, 5) is 41.4. The molecule has 9 nitrogen and oxygen atoms in total. The predicted molar refractivity (Wildman–Crippen MR) is 108 cm³/mol. The molecule has 3 rings (SSSR count). The van der Waals surface area contributed by atoms with Crippen molar-refractivity contribution in [3.8, 4) is 0 Å². The third kappa shape index (κ3) is 4.40. The highest BCUT2D eigenvalue weighted by molar-refractivity contribution is 7.92. The smallest absolute Gasteiger partial charge is 0.462 e. The number of ether oxygens (including phenoxy) is 1. The van der Waals surface area contributed by atoms with Crippen LogP contribution in [0.4, 0.5) is 23.7 Å². The Balaban J connectivity index is 1.89. The first kappa shape index (κ1) is 24.2. The van der Waals surface area contributed by atoms with Crippen LogP contribution < -0.4 is 10.2 Å². The molecule has 1 aliphatic rings. The number of aromatic nitrogens is 1. The van der Waals surface area contributed by atoms with Crippen LogP contribution in [0.15, 0.2) is 47.6 Å². The van der Waals surface area contributed by atoms with E-state index in [2.05, 4.69) is 10.3 Å². The van der Waals surface area contributed by atoms with Crippen molar-refractivity contribution >= 4 is 33.4 Å². The number of pyridine rings is 1. The topological polar surface area (TPSA) is 123 Å². The normalized spacial score (nSPS) is 18.9. The molecule has 176 valence electrons. The van der Waals surface area contributed by atoms with Gasteiger partial charge in [-0.2, -0.15) is 13.2 Å². The lowest BCUT2D eigenvalue weighted by Gasteiger charge is -2.23. The van der Waals surface area contributed by atoms with Crippen molar-refractivity contribution < 1.29 is 40.7 Å². The number of hydrogen-bond donors (Lipinski definition) is 1. The third-order valence-corrected chi connectivity index (χ3v) is 6.42. The van der Waals surface area contributed by atoms with Crippen molar-refractivity contribution in [1.29, 1.82) is 0 Å². The van der Waals surface area contributed by atoms with E-state index in [-0.39, 0.29) is 24.3 Å². The van der Waals surface area contributed by atoms with Crippen LogP contribution in [0.3, 0.4) is 0 Å². The molecule has 2 heterocycles. The number of carbonyl (C=O) groups is 3. The van der Waals surface area contributed by atoms with Crippen molar-refractivity contribution in [3.05, 3.63) is 53.9 Å². The van der Waals surface area contributed by atoms with E-state index in [1.165, 1.54) is 25.4 Å². The van der Waals surface area contributed by atoms with Crippen molar-refractivity contribution in [3.63, 3.8) is 0 Å². The van der Waals surface area contributed by atoms with Crippen LogP contribution in [-0.4, -0.2) is 49.0 Å². The van der Waals surface area contributed by atoms with E-state index < -0.39 is 43.7 Å². The Kier molecular flexibility index (Phi) is 6.20. The molecule has 1 saturated heterocycles. The molecule has 33 heavy (non-hydrogen) atoms. The molecule has 1 N–H and O–H groups in total. The van der Waals surface area contributed by atoms with Gasteiger partial charge in [0.05, 0.1) is 22.8 Å². The number of esters is 1. The predicted octanol–water partition coefficient (Wildman–Crippen LogP) is 2.61. The van der Waals surface area contributed by atoms with Gasteiger partial charge in [0, 0.05) is 18.8 Å². The largest absolute Gasteiger partial charge is 0.501 e. The molecule has 0 saturated carbocycles. The Hall–Kier alpha value is -3.48. The maximum absolute atomic E-state index is 13.1. The van der Waals surface area contributed by atoms with Crippen LogP contribution in [0.25, 0.3) is 0 Å². The minimum absolute atomic E-state index is 0.106. The first-order valence-electron chi connectivity index (χ1n) is 9.50. The highest BCUT2D eigenvalue weighted by Crippen LogP contribution is 2.33. The highest BCUT2D eigenvalue weighted by atomic mass is 32.2. The van der Waals surface area contributed by atoms with Crippen molar-refractivity contribution in [1.82, 2.24) is 10.3 Å². The van der Waals surface area contributed by atoms with Crippen molar-refractivity contribution in [2.75, 3.05) is 11.5 Å². The zero-order valence-electron chi connectivity index (χ0n) is 17.3. The van der Waals surface area contributed by atoms with Crippen molar-refractivity contribution in [2.24, 2.45) is 0 Å². The van der Waals surface area contributed by atoms with Crippen molar-refractivity contribution in [2.45, 2.75) is 36.2 Å². The number of carbonyl (C=O) groups excluding carboxylic acids is 3. The fourth-order valence-electron chi connectivity index (χ4n) is 3.30. The summed E-state index contributed by atoms with van der Waals surface area (Å²) < 4.78 is 66.2. The molecule has 1 aliphatic heterocycles. The zero-order valence-corrected chi connectivity index (χ0v) is 18.2. The van der Waals surface area contributed by atoms with Crippen LogP contribution in [0.5, 0.6) is 0 Å². The number of imide groups is 1. The molecule has 3 amide bonds. The molecule has 0 spiro atoms. The first-order valence-corrected chi connectivity index (χ1v) is 11.0. The molecule has 2 aromatic rings. The summed E-state index contributed by atoms with van der Waals surface area (Å²) >= 11 is 0. The molecule has 1 atom stereocenters. The second-order valence-corrected chi connectivity index (χ2v) is 9.22. The second kappa shape index (κ2) is 8.46. The number of urea groups is 1. The Morgan fingerprint density at radius 2 is 1.82 bits per heavy atom. The van der Waals surface area contributed by atoms with Gasteiger partial charge in [-0.05, 0) is 49.7 Å². The van der Waals surface area contributed by atoms with Gasteiger partial charge >= 0.3 is 17.5 Å². The highest BCUT2D eigenvalue weighted by Gasteiger charge is 2.50. The fraction of sp³-hybridized carbons (Fsp3) is 0.300. The molecule has 0 aliphatic carbocycles. The zero-order chi connectivity index (χ0) is 24.6. The molecular formula is C20H18F3N3O6S. The summed E-state index contributed by atoms with van der Waals surface area (Å²) in [6.07, 6.45) is 2.57. The number of nitrogens with zero attached hydrogens (tertiary/aromatic N) is 2. The Bertz CT molecular complexity index is 1210. The molecule has 1 aromatic carbocycles. The van der Waals surface area contributed by atoms with Crippen LogP contribution in [0.2, 0.25) is 0 Å². The second-order valence-electron chi connectivity index (χ2n) is 7.28. The van der Waals surface area contributed by atoms with Gasteiger partial charge in [0.15, 0.2) is 0 Å². The molecule has 1 fully saturated rings. The lowest BCUT2D eigenvalue weighted by molar-refractivity contribution is -0.121. The monoisotopic (exact) mass is 485 g/mol. The fourth-order valence-corrected chi connectivity index (χ4v) is 4.06. The lowest BCUT2D eigenvalue weighted by atomic mass is 9.91. The lowest BCUT2D eigenvalue weighted by Crippen LogP contribution is -2.46. The van der Waals surface area contributed by atoms with Gasteiger partial charge in [-0.3, -0.25) is 9.78 Å². The number of anilines is 1. The maximum atomic E-state index is 13.1. The Labute approximate surface area is 186 Å². The first-order chi connectivity index (χ1) is 15.3. The van der Waals surface area contributed by atoms with Gasteiger partial charge in [0.2, 0.25) is 0 Å². The minimum atomic E-state index is -5.58. The summed E-state index contributed by atoms with van der Waals surface area (Å²) in [5, 5.41) is 2.51. The number of hydrogen-bond acceptors (Lipinski definition) is 7. The third-order valence-electron chi connectivity index (χ3n) is 4.92. The van der Waals surface area contributed by atoms with Crippen LogP contribution in [0, 0.1) is 0 Å². The quantitative estimate of drug-likeness (QED) is 0.493. The van der Waals surface area contributed by atoms with Gasteiger partial charge in [0.1, 0.15) is 5.54 Å². The summed E-state index contributed by atoms with van der Waals surface area (Å²) in [6.45, 7) is 3.16. The molecular weight excluding hydrogens is 467 g/mol. The van der Waals surface area contributed by atoms with E-state index >= 15 is 0 Å². The average molecular weight is 485 g/mol. The number of sulfone groups is 1. The summed E-state index contributed by atoms with van der Waals surface area (Å²) in [7, 11) is -5.58. The Morgan fingerprint density at radius 3 is 2.39 bits per heavy atom. The SMILES string of the molecule is CCOC(=O)c1cnccc1CC1(C)NC(=O)N(c2ccc(S(=O)(=O)C(F)(F)F)cc2)C1=O. The van der Waals surface area contributed by atoms with E-state index in [0.717, 1.165) is 12.1 Å². The molecule has 0 bridgehead atoms. The van der Waals surface area contributed by atoms with Gasteiger partial charge in [0.25, 0.3) is 15.7 Å². The molecule has 0 radical (unpaired) electrons. The summed E-state index contributed by atoms with van der Waals surface area (Å²) in [6, 6.07) is 3.82. The number of rotatable bonds is 6. The summed E-state index contributed by atoms with van der Waals surface area (Å²) in [5.41, 5.74) is -6.62. The number of alkyl halides is 3. The van der Waals surface area contributed by atoms with E-state index in [1.807, 2.05) is 0 Å². The standard InChI is InChI=1S/C20H18F3N3O6S/c1-3-32-16(27)15-11-24-9-8-12(15)10-19(2)17(28)26(18(29)25-19)13-4-6-14(7-5-13)33(30,31)20(21,22)23/h4-9,11H,3,10H2,1-2H3,(H,25,29). The molecule has 1 aromatic heterocycles. The van der Waals surface area contributed by atoms with Crippen LogP contribution in [-0.2, 0) is 25.8 Å². The molecule has 1 unspecified atom stereocenters. The number of halogens is 3. The van der Waals surface area contributed by atoms with E-state index in [9.17, 15) is 36.0 Å². The maximum Gasteiger partial charge on any atom is 0.501 e.